The summed E-state index contributed by atoms with van der Waals surface area (Å²) in [5.74, 6) is -1.90. The van der Waals surface area contributed by atoms with Crippen LogP contribution in [0.1, 0.15) is 23.5 Å². The van der Waals surface area contributed by atoms with Crippen molar-refractivity contribution in [2.45, 2.75) is 19.3 Å². The molecular weight excluding hydrogens is 194 g/mol. The van der Waals surface area contributed by atoms with E-state index in [-0.39, 0.29) is 12.3 Å². The summed E-state index contributed by atoms with van der Waals surface area (Å²) in [7, 11) is 0. The quantitative estimate of drug-likeness (QED) is 0.730. The number of amides is 1. The predicted octanol–water partition coefficient (Wildman–Crippen LogP) is 1.51. The maximum atomic E-state index is 11.3. The minimum atomic E-state index is -0.947. The van der Waals surface area contributed by atoms with Crippen molar-refractivity contribution in [1.29, 1.82) is 0 Å². The molecule has 2 rings (SSSR count). The zero-order chi connectivity index (χ0) is 11.0. The van der Waals surface area contributed by atoms with Crippen LogP contribution < -0.4 is 5.32 Å². The molecule has 1 aliphatic rings. The summed E-state index contributed by atoms with van der Waals surface area (Å²) < 4.78 is 0. The molecular formula is C11H11NO3. The van der Waals surface area contributed by atoms with Gasteiger partial charge in [0.25, 0.3) is 0 Å². The lowest BCUT2D eigenvalue weighted by atomic mass is 9.89. The number of carboxylic acid groups (broad SMARTS) is 1. The van der Waals surface area contributed by atoms with Crippen LogP contribution >= 0.6 is 0 Å². The predicted molar refractivity (Wildman–Crippen MR) is 54.8 cm³/mol. The molecule has 4 nitrogen and oxygen atoms in total. The second-order valence-electron chi connectivity index (χ2n) is 3.73. The smallest absolute Gasteiger partial charge is 0.311 e. The van der Waals surface area contributed by atoms with Gasteiger partial charge in [0.05, 0.1) is 5.92 Å². The van der Waals surface area contributed by atoms with E-state index >= 15 is 0 Å². The number of carbonyl (C=O) groups is 2. The molecule has 1 aromatic carbocycles. The fourth-order valence-corrected chi connectivity index (χ4v) is 1.80. The number of nitrogens with one attached hydrogen (secondary N) is 1. The van der Waals surface area contributed by atoms with Crippen molar-refractivity contribution in [1.82, 2.24) is 0 Å². The van der Waals surface area contributed by atoms with Crippen molar-refractivity contribution in [3.8, 4) is 0 Å². The first-order chi connectivity index (χ1) is 7.08. The molecule has 0 bridgehead atoms. The Morgan fingerprint density at radius 3 is 2.93 bits per heavy atom. The molecule has 1 aliphatic heterocycles. The Balaban J connectivity index is 2.52. The number of benzene rings is 1. The van der Waals surface area contributed by atoms with E-state index in [4.69, 9.17) is 5.11 Å². The van der Waals surface area contributed by atoms with Crippen LogP contribution in [0.25, 0.3) is 0 Å². The molecule has 4 heteroatoms. The maximum Gasteiger partial charge on any atom is 0.311 e. The first-order valence-corrected chi connectivity index (χ1v) is 4.71. The number of aliphatic carboxylic acids is 1. The zero-order valence-electron chi connectivity index (χ0n) is 8.28. The zero-order valence-corrected chi connectivity index (χ0v) is 8.28. The number of rotatable bonds is 1. The van der Waals surface area contributed by atoms with Crippen molar-refractivity contribution >= 4 is 17.6 Å². The highest BCUT2D eigenvalue weighted by atomic mass is 16.4. The molecule has 1 atom stereocenters. The summed E-state index contributed by atoms with van der Waals surface area (Å²) in [6.45, 7) is 1.90. The van der Waals surface area contributed by atoms with Crippen LogP contribution in [-0.2, 0) is 9.59 Å². The fourth-order valence-electron chi connectivity index (χ4n) is 1.80. The monoisotopic (exact) mass is 205 g/mol. The standard InChI is InChI=1S/C11H11NO3/c1-6-2-3-9-7(4-6)8(11(14)15)5-10(13)12-9/h2-4,8H,5H2,1H3,(H,12,13)(H,14,15)/t8-/m1/s1. The third-order valence-electron chi connectivity index (χ3n) is 2.54. The Kier molecular flexibility index (Phi) is 2.19. The highest BCUT2D eigenvalue weighted by molar-refractivity contribution is 5.99. The average Bonchev–Trinajstić information content (AvgIpc) is 2.17. The van der Waals surface area contributed by atoms with Gasteiger partial charge in [-0.2, -0.15) is 0 Å². The number of fused-ring (bicyclic) bond motifs is 1. The van der Waals surface area contributed by atoms with Crippen LogP contribution in [0.15, 0.2) is 18.2 Å². The van der Waals surface area contributed by atoms with Gasteiger partial charge in [0, 0.05) is 12.1 Å². The van der Waals surface area contributed by atoms with Crippen LogP contribution in [0.5, 0.6) is 0 Å². The van der Waals surface area contributed by atoms with Crippen LogP contribution in [0.2, 0.25) is 0 Å². The SMILES string of the molecule is Cc1ccc2c(c1)[C@H](C(=O)O)CC(=O)N2. The van der Waals surface area contributed by atoms with Crippen molar-refractivity contribution in [3.63, 3.8) is 0 Å². The van der Waals surface area contributed by atoms with Crippen molar-refractivity contribution in [3.05, 3.63) is 29.3 Å². The van der Waals surface area contributed by atoms with Gasteiger partial charge in [0.1, 0.15) is 0 Å². The van der Waals surface area contributed by atoms with Crippen molar-refractivity contribution < 1.29 is 14.7 Å². The normalized spacial score (nSPS) is 19.3. The highest BCUT2D eigenvalue weighted by Crippen LogP contribution is 2.32. The van der Waals surface area contributed by atoms with Crippen LogP contribution in [0.4, 0.5) is 5.69 Å². The number of aryl methyl sites for hydroxylation is 1. The fraction of sp³-hybridized carbons (Fsp3) is 0.273. The molecule has 0 radical (unpaired) electrons. The lowest BCUT2D eigenvalue weighted by Gasteiger charge is -2.22. The Morgan fingerprint density at radius 2 is 2.27 bits per heavy atom. The van der Waals surface area contributed by atoms with Gasteiger partial charge in [-0.15, -0.1) is 0 Å². The number of hydrogen-bond acceptors (Lipinski definition) is 2. The summed E-state index contributed by atoms with van der Waals surface area (Å²) in [6.07, 6.45) is 0.0196. The maximum absolute atomic E-state index is 11.3. The number of carbonyl (C=O) groups excluding carboxylic acids is 1. The molecule has 0 spiro atoms. The molecule has 15 heavy (non-hydrogen) atoms. The minimum Gasteiger partial charge on any atom is -0.481 e. The van der Waals surface area contributed by atoms with Gasteiger partial charge < -0.3 is 10.4 Å². The first-order valence-electron chi connectivity index (χ1n) is 4.71. The highest BCUT2D eigenvalue weighted by Gasteiger charge is 2.30. The summed E-state index contributed by atoms with van der Waals surface area (Å²) >= 11 is 0. The molecule has 1 aromatic rings. The van der Waals surface area contributed by atoms with Crippen LogP contribution in [-0.4, -0.2) is 17.0 Å². The van der Waals surface area contributed by atoms with Gasteiger partial charge in [-0.3, -0.25) is 9.59 Å². The molecule has 0 aliphatic carbocycles. The largest absolute Gasteiger partial charge is 0.481 e. The van der Waals surface area contributed by atoms with E-state index in [0.29, 0.717) is 11.3 Å². The number of hydrogen-bond donors (Lipinski definition) is 2. The van der Waals surface area contributed by atoms with Gasteiger partial charge in [0.2, 0.25) is 5.91 Å². The van der Waals surface area contributed by atoms with E-state index in [1.54, 1.807) is 6.07 Å². The second-order valence-corrected chi connectivity index (χ2v) is 3.73. The third kappa shape index (κ3) is 1.70. The molecule has 1 heterocycles. The summed E-state index contributed by atoms with van der Waals surface area (Å²) in [4.78, 5) is 22.2. The van der Waals surface area contributed by atoms with Crippen LogP contribution in [0.3, 0.4) is 0 Å². The van der Waals surface area contributed by atoms with E-state index in [0.717, 1.165) is 5.56 Å². The lowest BCUT2D eigenvalue weighted by Crippen LogP contribution is -2.27. The van der Waals surface area contributed by atoms with E-state index in [2.05, 4.69) is 5.32 Å². The van der Waals surface area contributed by atoms with E-state index in [1.165, 1.54) is 0 Å². The Morgan fingerprint density at radius 1 is 1.53 bits per heavy atom. The molecule has 0 saturated heterocycles. The Labute approximate surface area is 86.9 Å². The molecule has 0 fully saturated rings. The lowest BCUT2D eigenvalue weighted by molar-refractivity contribution is -0.140. The molecule has 0 unspecified atom stereocenters. The van der Waals surface area contributed by atoms with Gasteiger partial charge >= 0.3 is 5.97 Å². The second kappa shape index (κ2) is 3.38. The summed E-state index contributed by atoms with van der Waals surface area (Å²) in [5, 5.41) is 11.7. The van der Waals surface area contributed by atoms with Crippen LogP contribution in [0, 0.1) is 6.92 Å². The van der Waals surface area contributed by atoms with Gasteiger partial charge in [-0.1, -0.05) is 17.7 Å². The third-order valence-corrected chi connectivity index (χ3v) is 2.54. The topological polar surface area (TPSA) is 66.4 Å². The van der Waals surface area contributed by atoms with Gasteiger partial charge in [-0.05, 0) is 18.6 Å². The number of anilines is 1. The molecule has 1 amide bonds. The average molecular weight is 205 g/mol. The Hall–Kier alpha value is -1.84. The summed E-state index contributed by atoms with van der Waals surface area (Å²) in [5.41, 5.74) is 2.31. The molecule has 0 aromatic heterocycles. The van der Waals surface area contributed by atoms with Crippen molar-refractivity contribution in [2.24, 2.45) is 0 Å². The minimum absolute atomic E-state index is 0.0196. The molecule has 2 N–H and O–H groups in total. The Bertz CT molecular complexity index is 439. The van der Waals surface area contributed by atoms with E-state index in [1.807, 2.05) is 19.1 Å². The van der Waals surface area contributed by atoms with Gasteiger partial charge in [-0.25, -0.2) is 0 Å². The first kappa shape index (κ1) is 9.71. The van der Waals surface area contributed by atoms with E-state index < -0.39 is 11.9 Å². The summed E-state index contributed by atoms with van der Waals surface area (Å²) in [6, 6.07) is 5.41. The molecule has 78 valence electrons. The van der Waals surface area contributed by atoms with Crippen molar-refractivity contribution in [2.75, 3.05) is 5.32 Å². The van der Waals surface area contributed by atoms with Gasteiger partial charge in [0.15, 0.2) is 0 Å². The van der Waals surface area contributed by atoms with E-state index in [9.17, 15) is 9.59 Å². The number of carboxylic acids is 1. The molecule has 0 saturated carbocycles.